The summed E-state index contributed by atoms with van der Waals surface area (Å²) in [5.74, 6) is 0.0832. The van der Waals surface area contributed by atoms with Crippen LogP contribution in [0.3, 0.4) is 0 Å². The lowest BCUT2D eigenvalue weighted by Gasteiger charge is -2.20. The number of benzene rings is 2. The van der Waals surface area contributed by atoms with Crippen LogP contribution in [0.25, 0.3) is 0 Å². The highest BCUT2D eigenvalue weighted by Gasteiger charge is 2.29. The number of anilines is 3. The predicted molar refractivity (Wildman–Crippen MR) is 81.1 cm³/mol. The number of rotatable bonds is 3. The topological polar surface area (TPSA) is 58.4 Å². The summed E-state index contributed by atoms with van der Waals surface area (Å²) >= 11 is 0. The second-order valence-electron chi connectivity index (χ2n) is 4.98. The van der Waals surface area contributed by atoms with E-state index in [-0.39, 0.29) is 11.9 Å². The van der Waals surface area contributed by atoms with Crippen molar-refractivity contribution in [2.75, 3.05) is 16.8 Å². The third kappa shape index (κ3) is 2.51. The highest BCUT2D eigenvalue weighted by Crippen LogP contribution is 2.31. The molecule has 20 heavy (non-hydrogen) atoms. The number of nitrogens with one attached hydrogen (secondary N) is 1. The van der Waals surface area contributed by atoms with Crippen LogP contribution in [-0.2, 0) is 4.79 Å². The zero-order valence-corrected chi connectivity index (χ0v) is 11.1. The second-order valence-corrected chi connectivity index (χ2v) is 4.98. The standard InChI is InChI=1S/C16H17N3O/c17-12-10-16(20)19(11-12)15-9-5-4-8-14(15)18-13-6-2-1-3-7-13/h1-9,12,18H,10-11,17H2. The summed E-state index contributed by atoms with van der Waals surface area (Å²) in [7, 11) is 0. The maximum atomic E-state index is 12.0. The van der Waals surface area contributed by atoms with E-state index in [2.05, 4.69) is 5.32 Å². The van der Waals surface area contributed by atoms with E-state index in [0.29, 0.717) is 13.0 Å². The monoisotopic (exact) mass is 267 g/mol. The average Bonchev–Trinajstić information content (AvgIpc) is 2.79. The van der Waals surface area contributed by atoms with Gasteiger partial charge in [0.25, 0.3) is 0 Å². The molecule has 2 aromatic rings. The predicted octanol–water partition coefficient (Wildman–Crippen LogP) is 2.49. The Kier molecular flexibility index (Phi) is 3.39. The van der Waals surface area contributed by atoms with Gasteiger partial charge >= 0.3 is 0 Å². The van der Waals surface area contributed by atoms with Crippen molar-refractivity contribution in [3.8, 4) is 0 Å². The van der Waals surface area contributed by atoms with E-state index in [1.165, 1.54) is 0 Å². The summed E-state index contributed by atoms with van der Waals surface area (Å²) in [6.07, 6.45) is 0.416. The van der Waals surface area contributed by atoms with Crippen molar-refractivity contribution in [2.24, 2.45) is 5.73 Å². The van der Waals surface area contributed by atoms with Crippen LogP contribution < -0.4 is 16.0 Å². The van der Waals surface area contributed by atoms with Crippen molar-refractivity contribution in [2.45, 2.75) is 12.5 Å². The number of nitrogens with two attached hydrogens (primary N) is 1. The molecule has 1 amide bonds. The van der Waals surface area contributed by atoms with E-state index in [0.717, 1.165) is 17.1 Å². The number of amides is 1. The largest absolute Gasteiger partial charge is 0.354 e. The summed E-state index contributed by atoms with van der Waals surface area (Å²) in [5, 5.41) is 3.35. The van der Waals surface area contributed by atoms with Crippen LogP contribution in [0, 0.1) is 0 Å². The Balaban J connectivity index is 1.91. The molecule has 4 nitrogen and oxygen atoms in total. The van der Waals surface area contributed by atoms with Crippen molar-refractivity contribution in [3.05, 3.63) is 54.6 Å². The van der Waals surface area contributed by atoms with E-state index in [4.69, 9.17) is 5.73 Å². The van der Waals surface area contributed by atoms with Crippen LogP contribution in [-0.4, -0.2) is 18.5 Å². The van der Waals surface area contributed by atoms with E-state index < -0.39 is 0 Å². The Morgan fingerprint density at radius 2 is 1.75 bits per heavy atom. The van der Waals surface area contributed by atoms with Crippen LogP contribution in [0.15, 0.2) is 54.6 Å². The Morgan fingerprint density at radius 1 is 1.05 bits per heavy atom. The zero-order valence-electron chi connectivity index (χ0n) is 11.1. The lowest BCUT2D eigenvalue weighted by atomic mass is 10.2. The van der Waals surface area contributed by atoms with Gasteiger partial charge in [0.15, 0.2) is 0 Å². The van der Waals surface area contributed by atoms with Gasteiger partial charge in [0.1, 0.15) is 0 Å². The molecule has 0 saturated carbocycles. The third-order valence-corrected chi connectivity index (χ3v) is 3.40. The van der Waals surface area contributed by atoms with E-state index in [9.17, 15) is 4.79 Å². The quantitative estimate of drug-likeness (QED) is 0.898. The molecule has 0 spiro atoms. The molecule has 0 bridgehead atoms. The first kappa shape index (κ1) is 12.7. The molecule has 0 radical (unpaired) electrons. The first-order valence-corrected chi connectivity index (χ1v) is 6.71. The van der Waals surface area contributed by atoms with Crippen LogP contribution in [0.1, 0.15) is 6.42 Å². The molecule has 1 saturated heterocycles. The molecule has 0 aromatic heterocycles. The summed E-state index contributed by atoms with van der Waals surface area (Å²) in [4.78, 5) is 13.8. The van der Waals surface area contributed by atoms with E-state index >= 15 is 0 Å². The van der Waals surface area contributed by atoms with Gasteiger partial charge in [-0.05, 0) is 24.3 Å². The fourth-order valence-electron chi connectivity index (χ4n) is 2.46. The number of hydrogen-bond acceptors (Lipinski definition) is 3. The SMILES string of the molecule is NC1CC(=O)N(c2ccccc2Nc2ccccc2)C1. The normalized spacial score (nSPS) is 18.4. The van der Waals surface area contributed by atoms with Gasteiger partial charge in [0, 0.05) is 24.7 Å². The molecule has 1 aliphatic rings. The van der Waals surface area contributed by atoms with Gasteiger partial charge in [-0.1, -0.05) is 30.3 Å². The first-order valence-electron chi connectivity index (χ1n) is 6.71. The van der Waals surface area contributed by atoms with Crippen molar-refractivity contribution >= 4 is 23.0 Å². The number of carbonyl (C=O) groups excluding carboxylic acids is 1. The molecule has 2 aromatic carbocycles. The minimum Gasteiger partial charge on any atom is -0.354 e. The molecule has 102 valence electrons. The molecule has 1 aliphatic heterocycles. The van der Waals surface area contributed by atoms with E-state index in [1.807, 2.05) is 54.6 Å². The van der Waals surface area contributed by atoms with Gasteiger partial charge in [0.2, 0.25) is 5.91 Å². The molecule has 1 heterocycles. The molecule has 1 unspecified atom stereocenters. The summed E-state index contributed by atoms with van der Waals surface area (Å²) in [6, 6.07) is 17.6. The lowest BCUT2D eigenvalue weighted by Crippen LogP contribution is -2.28. The maximum absolute atomic E-state index is 12.0. The van der Waals surface area contributed by atoms with Crippen molar-refractivity contribution in [3.63, 3.8) is 0 Å². The first-order chi connectivity index (χ1) is 9.74. The summed E-state index contributed by atoms with van der Waals surface area (Å²) < 4.78 is 0. The molecule has 3 rings (SSSR count). The maximum Gasteiger partial charge on any atom is 0.228 e. The molecule has 1 fully saturated rings. The van der Waals surface area contributed by atoms with Crippen LogP contribution in [0.2, 0.25) is 0 Å². The van der Waals surface area contributed by atoms with E-state index in [1.54, 1.807) is 4.90 Å². The van der Waals surface area contributed by atoms with Crippen LogP contribution >= 0.6 is 0 Å². The van der Waals surface area contributed by atoms with Gasteiger partial charge in [-0.3, -0.25) is 4.79 Å². The minimum atomic E-state index is -0.0766. The second kappa shape index (κ2) is 5.35. The minimum absolute atomic E-state index is 0.0766. The number of nitrogens with zero attached hydrogens (tertiary/aromatic N) is 1. The third-order valence-electron chi connectivity index (χ3n) is 3.40. The van der Waals surface area contributed by atoms with Gasteiger partial charge < -0.3 is 16.0 Å². The fourth-order valence-corrected chi connectivity index (χ4v) is 2.46. The Bertz CT molecular complexity index is 612. The summed E-state index contributed by atoms with van der Waals surface area (Å²) in [6.45, 7) is 0.576. The molecular formula is C16H17N3O. The number of carbonyl (C=O) groups is 1. The van der Waals surface area contributed by atoms with Gasteiger partial charge in [0.05, 0.1) is 11.4 Å². The average molecular weight is 267 g/mol. The van der Waals surface area contributed by atoms with Crippen LogP contribution in [0.5, 0.6) is 0 Å². The highest BCUT2D eigenvalue weighted by atomic mass is 16.2. The molecule has 0 aliphatic carbocycles. The van der Waals surface area contributed by atoms with Gasteiger partial charge in [-0.25, -0.2) is 0 Å². The number of para-hydroxylation sites is 3. The van der Waals surface area contributed by atoms with Crippen molar-refractivity contribution in [1.29, 1.82) is 0 Å². The molecule has 3 N–H and O–H groups in total. The Hall–Kier alpha value is -2.33. The van der Waals surface area contributed by atoms with Gasteiger partial charge in [-0.2, -0.15) is 0 Å². The molecular weight excluding hydrogens is 250 g/mol. The van der Waals surface area contributed by atoms with Gasteiger partial charge in [-0.15, -0.1) is 0 Å². The fraction of sp³-hybridized carbons (Fsp3) is 0.188. The smallest absolute Gasteiger partial charge is 0.228 e. The van der Waals surface area contributed by atoms with Crippen molar-refractivity contribution < 1.29 is 4.79 Å². The highest BCUT2D eigenvalue weighted by molar-refractivity contribution is 5.99. The zero-order chi connectivity index (χ0) is 13.9. The van der Waals surface area contributed by atoms with Crippen molar-refractivity contribution in [1.82, 2.24) is 0 Å². The molecule has 4 heteroatoms. The Labute approximate surface area is 118 Å². The lowest BCUT2D eigenvalue weighted by molar-refractivity contribution is -0.117. The summed E-state index contributed by atoms with van der Waals surface area (Å²) in [5.41, 5.74) is 8.67. The number of hydrogen-bond donors (Lipinski definition) is 2. The Morgan fingerprint density at radius 3 is 2.45 bits per heavy atom. The molecule has 1 atom stereocenters. The van der Waals surface area contributed by atoms with Crippen LogP contribution in [0.4, 0.5) is 17.1 Å².